The lowest BCUT2D eigenvalue weighted by Crippen LogP contribution is -2.41. The Morgan fingerprint density at radius 2 is 0.814 bits per heavy atom. The van der Waals surface area contributed by atoms with Crippen LogP contribution < -0.4 is 5.46 Å². The summed E-state index contributed by atoms with van der Waals surface area (Å²) in [4.78, 5) is 0. The van der Waals surface area contributed by atoms with Crippen LogP contribution in [0.2, 0.25) is 0 Å². The van der Waals surface area contributed by atoms with Gasteiger partial charge < -0.3 is 9.31 Å². The van der Waals surface area contributed by atoms with E-state index in [2.05, 4.69) is 159 Å². The smallest absolute Gasteiger partial charge is 0.399 e. The molecule has 0 amide bonds. The number of hydrogen-bond acceptors (Lipinski definition) is 2. The van der Waals surface area contributed by atoms with Crippen molar-refractivity contribution in [2.45, 2.75) is 167 Å². The highest BCUT2D eigenvalue weighted by atomic mass is 16.7. The SMILES string of the molecule is CCCCCCCCC1(CCCCCCCC)c2ccccc2-c2ccc(-c3ccc4c(c3)C(C)(C)c3cc(-c5ccc(B6OC(C)(C)C(C)(C)O6)cc5)ccc3-4)cc21. The van der Waals surface area contributed by atoms with Gasteiger partial charge in [0.05, 0.1) is 11.2 Å². The monoisotopic (exact) mass is 785 g/mol. The third kappa shape index (κ3) is 7.81. The van der Waals surface area contributed by atoms with Gasteiger partial charge in [0.15, 0.2) is 0 Å². The van der Waals surface area contributed by atoms with E-state index in [-0.39, 0.29) is 29.2 Å². The predicted molar refractivity (Wildman–Crippen MR) is 253 cm³/mol. The second-order valence-electron chi connectivity index (χ2n) is 19.8. The topological polar surface area (TPSA) is 18.5 Å². The lowest BCUT2D eigenvalue weighted by Gasteiger charge is -2.33. The van der Waals surface area contributed by atoms with Crippen LogP contribution in [0.1, 0.15) is 168 Å². The van der Waals surface area contributed by atoms with Crippen LogP contribution in [-0.4, -0.2) is 18.3 Å². The molecule has 8 rings (SSSR count). The highest BCUT2D eigenvalue weighted by Crippen LogP contribution is 2.56. The molecule has 0 bridgehead atoms. The van der Waals surface area contributed by atoms with Crippen molar-refractivity contribution in [1.29, 1.82) is 0 Å². The molecular formula is C56H69BO2. The number of benzene rings is 5. The molecule has 59 heavy (non-hydrogen) atoms. The number of rotatable bonds is 17. The molecule has 3 heteroatoms. The van der Waals surface area contributed by atoms with E-state index in [1.54, 1.807) is 11.1 Å². The Labute approximate surface area is 357 Å². The van der Waals surface area contributed by atoms with Crippen molar-refractivity contribution >= 4 is 12.6 Å². The molecule has 5 aromatic rings. The van der Waals surface area contributed by atoms with Crippen LogP contribution >= 0.6 is 0 Å². The van der Waals surface area contributed by atoms with Crippen LogP contribution in [0.4, 0.5) is 0 Å². The standard InChI is InChI=1S/C56H69BO2/c1-9-11-13-15-17-21-35-56(36-22-18-16-14-12-10-2)49-24-20-19-23-45(49)48-34-29-43(39-52(48)56)42-28-33-47-46-32-27-41(37-50(46)53(3,4)51(47)38-42)40-25-30-44(31-26-40)57-58-54(5,6)55(7,8)59-57/h19-20,23-34,37-39H,9-18,21-22,35-36H2,1-8H3. The van der Waals surface area contributed by atoms with E-state index in [1.807, 2.05) is 0 Å². The summed E-state index contributed by atoms with van der Waals surface area (Å²) in [7, 11) is -0.352. The second-order valence-corrected chi connectivity index (χ2v) is 19.8. The number of unbranched alkanes of at least 4 members (excludes halogenated alkanes) is 10. The molecule has 2 aliphatic carbocycles. The zero-order chi connectivity index (χ0) is 41.4. The van der Waals surface area contributed by atoms with E-state index in [1.165, 1.54) is 146 Å². The van der Waals surface area contributed by atoms with E-state index in [4.69, 9.17) is 9.31 Å². The Morgan fingerprint density at radius 1 is 0.407 bits per heavy atom. The highest BCUT2D eigenvalue weighted by Gasteiger charge is 2.51. The summed E-state index contributed by atoms with van der Waals surface area (Å²) in [5.41, 5.74) is 17.1. The van der Waals surface area contributed by atoms with Gasteiger partial charge in [-0.2, -0.15) is 0 Å². The van der Waals surface area contributed by atoms with E-state index in [0.29, 0.717) is 0 Å². The van der Waals surface area contributed by atoms with E-state index in [0.717, 1.165) is 5.46 Å². The second kappa shape index (κ2) is 16.9. The van der Waals surface area contributed by atoms with Gasteiger partial charge in [0, 0.05) is 10.8 Å². The Kier molecular flexibility index (Phi) is 11.9. The quantitative estimate of drug-likeness (QED) is 0.0691. The summed E-state index contributed by atoms with van der Waals surface area (Å²) >= 11 is 0. The largest absolute Gasteiger partial charge is 0.494 e. The maximum atomic E-state index is 6.35. The maximum Gasteiger partial charge on any atom is 0.494 e. The van der Waals surface area contributed by atoms with Crippen molar-refractivity contribution in [2.75, 3.05) is 0 Å². The van der Waals surface area contributed by atoms with Gasteiger partial charge in [-0.15, -0.1) is 0 Å². The third-order valence-corrected chi connectivity index (χ3v) is 15.0. The molecule has 0 aromatic heterocycles. The first kappa shape index (κ1) is 41.8. The molecule has 308 valence electrons. The molecule has 0 radical (unpaired) electrons. The molecular weight excluding hydrogens is 715 g/mol. The minimum Gasteiger partial charge on any atom is -0.399 e. The van der Waals surface area contributed by atoms with Gasteiger partial charge in [0.2, 0.25) is 0 Å². The van der Waals surface area contributed by atoms with E-state index >= 15 is 0 Å². The minimum atomic E-state index is -0.353. The van der Waals surface area contributed by atoms with Gasteiger partial charge in [-0.3, -0.25) is 0 Å². The van der Waals surface area contributed by atoms with Crippen LogP contribution in [0.15, 0.2) is 103 Å². The lowest BCUT2D eigenvalue weighted by atomic mass is 9.70. The zero-order valence-electron chi connectivity index (χ0n) is 37.6. The van der Waals surface area contributed by atoms with E-state index < -0.39 is 0 Å². The maximum absolute atomic E-state index is 6.35. The molecule has 0 N–H and O–H groups in total. The molecule has 0 saturated carbocycles. The summed E-state index contributed by atoms with van der Waals surface area (Å²) in [6.07, 6.45) is 18.6. The van der Waals surface area contributed by atoms with Gasteiger partial charge in [0.25, 0.3) is 0 Å². The molecule has 0 atom stereocenters. The fraction of sp³-hybridized carbons (Fsp3) is 0.464. The first-order valence-electron chi connectivity index (χ1n) is 23.4. The fourth-order valence-corrected chi connectivity index (χ4v) is 10.6. The molecule has 2 nitrogen and oxygen atoms in total. The van der Waals surface area contributed by atoms with Crippen molar-refractivity contribution in [3.8, 4) is 44.5 Å². The summed E-state index contributed by atoms with van der Waals surface area (Å²) in [5, 5.41) is 0. The summed E-state index contributed by atoms with van der Waals surface area (Å²) < 4.78 is 12.7. The number of fused-ring (bicyclic) bond motifs is 6. The van der Waals surface area contributed by atoms with Crippen LogP contribution in [-0.2, 0) is 20.1 Å². The molecule has 0 spiro atoms. The molecule has 0 unspecified atom stereocenters. The Bertz CT molecular complexity index is 2230. The van der Waals surface area contributed by atoms with Gasteiger partial charge in [-0.05, 0) is 131 Å². The highest BCUT2D eigenvalue weighted by molar-refractivity contribution is 6.62. The molecule has 3 aliphatic rings. The van der Waals surface area contributed by atoms with E-state index in [9.17, 15) is 0 Å². The first-order valence-corrected chi connectivity index (χ1v) is 23.4. The zero-order valence-corrected chi connectivity index (χ0v) is 37.6. The van der Waals surface area contributed by atoms with Crippen molar-refractivity contribution in [2.24, 2.45) is 0 Å². The van der Waals surface area contributed by atoms with Crippen LogP contribution in [0.5, 0.6) is 0 Å². The predicted octanol–water partition coefficient (Wildman–Crippen LogP) is 15.4. The average molecular weight is 785 g/mol. The van der Waals surface area contributed by atoms with Crippen molar-refractivity contribution < 1.29 is 9.31 Å². The van der Waals surface area contributed by atoms with Crippen LogP contribution in [0.25, 0.3) is 44.5 Å². The third-order valence-electron chi connectivity index (χ3n) is 15.0. The molecule has 1 aliphatic heterocycles. The van der Waals surface area contributed by atoms with Crippen LogP contribution in [0, 0.1) is 0 Å². The first-order chi connectivity index (χ1) is 28.4. The lowest BCUT2D eigenvalue weighted by molar-refractivity contribution is 0.00578. The normalized spacial score (nSPS) is 17.5. The Morgan fingerprint density at radius 3 is 1.34 bits per heavy atom. The number of hydrogen-bond donors (Lipinski definition) is 0. The van der Waals surface area contributed by atoms with Crippen molar-refractivity contribution in [1.82, 2.24) is 0 Å². The fourth-order valence-electron chi connectivity index (χ4n) is 10.6. The van der Waals surface area contributed by atoms with Gasteiger partial charge in [0.1, 0.15) is 0 Å². The summed E-state index contributed by atoms with van der Waals surface area (Å²) in [6.45, 7) is 17.9. The summed E-state index contributed by atoms with van der Waals surface area (Å²) in [6, 6.07) is 40.1. The summed E-state index contributed by atoms with van der Waals surface area (Å²) in [5.74, 6) is 0. The van der Waals surface area contributed by atoms with Gasteiger partial charge in [-0.1, -0.05) is 190 Å². The van der Waals surface area contributed by atoms with Crippen molar-refractivity contribution in [3.05, 3.63) is 125 Å². The Hall–Kier alpha value is -3.92. The minimum absolute atomic E-state index is 0.0859. The molecule has 5 aromatic carbocycles. The van der Waals surface area contributed by atoms with Crippen molar-refractivity contribution in [3.63, 3.8) is 0 Å². The average Bonchev–Trinajstić information content (AvgIpc) is 3.74. The van der Waals surface area contributed by atoms with Gasteiger partial charge >= 0.3 is 7.12 Å². The molecule has 1 fully saturated rings. The molecule has 1 saturated heterocycles. The van der Waals surface area contributed by atoms with Gasteiger partial charge in [-0.25, -0.2) is 0 Å². The van der Waals surface area contributed by atoms with Crippen LogP contribution in [0.3, 0.4) is 0 Å². The molecule has 1 heterocycles. The Balaban J connectivity index is 1.08.